The van der Waals surface area contributed by atoms with Gasteiger partial charge >= 0.3 is 0 Å². The number of hydrogen-bond donors (Lipinski definition) is 1. The second kappa shape index (κ2) is 8.91. The van der Waals surface area contributed by atoms with Gasteiger partial charge in [-0.2, -0.15) is 0 Å². The Morgan fingerprint density at radius 1 is 1.05 bits per heavy atom. The van der Waals surface area contributed by atoms with E-state index in [1.165, 1.54) is 0 Å². The maximum absolute atomic E-state index is 12.0. The number of hydrogen-bond acceptors (Lipinski definition) is 3. The summed E-state index contributed by atoms with van der Waals surface area (Å²) in [5.41, 5.74) is 0. The van der Waals surface area contributed by atoms with Gasteiger partial charge in [0.15, 0.2) is 0 Å². The first-order valence-electron chi connectivity index (χ1n) is 7.44. The minimum atomic E-state index is 0.0606. The maximum atomic E-state index is 12.0. The molecule has 1 N–H and O–H groups in total. The second-order valence-electron chi connectivity index (χ2n) is 5.02. The lowest BCUT2D eigenvalue weighted by Crippen LogP contribution is -2.48. The zero-order chi connectivity index (χ0) is 14.1. The fourth-order valence-electron chi connectivity index (χ4n) is 2.22. The highest BCUT2D eigenvalue weighted by atomic mass is 16.2. The highest BCUT2D eigenvalue weighted by Gasteiger charge is 2.19. The van der Waals surface area contributed by atoms with Gasteiger partial charge in [-0.1, -0.05) is 13.8 Å². The molecule has 0 spiro atoms. The van der Waals surface area contributed by atoms with E-state index in [1.807, 2.05) is 11.8 Å². The number of carbonyl (C=O) groups excluding carboxylic acids is 2. The summed E-state index contributed by atoms with van der Waals surface area (Å²) in [4.78, 5) is 27.6. The largest absolute Gasteiger partial charge is 0.356 e. The Labute approximate surface area is 116 Å². The van der Waals surface area contributed by atoms with Crippen molar-refractivity contribution in [1.82, 2.24) is 15.1 Å². The van der Waals surface area contributed by atoms with Gasteiger partial charge in [-0.05, 0) is 19.4 Å². The van der Waals surface area contributed by atoms with Gasteiger partial charge in [0.1, 0.15) is 0 Å². The number of nitrogens with zero attached hydrogens (tertiary/aromatic N) is 2. The molecule has 0 aromatic carbocycles. The number of piperazine rings is 1. The Morgan fingerprint density at radius 2 is 1.74 bits per heavy atom. The number of likely N-dealkylation sites (N-methyl/N-ethyl adjacent to an activating group) is 1. The van der Waals surface area contributed by atoms with Gasteiger partial charge in [0.25, 0.3) is 0 Å². The summed E-state index contributed by atoms with van der Waals surface area (Å²) in [6.07, 6.45) is 2.56. The molecule has 19 heavy (non-hydrogen) atoms. The number of carbonyl (C=O) groups is 2. The van der Waals surface area contributed by atoms with Crippen molar-refractivity contribution in [1.29, 1.82) is 0 Å². The standard InChI is InChI=1S/C14H27N3O2/c1-3-8-15-13(18)6-5-7-14(19)17-11-9-16(4-2)10-12-17/h3-12H2,1-2H3,(H,15,18). The van der Waals surface area contributed by atoms with Gasteiger partial charge in [0.05, 0.1) is 0 Å². The molecular formula is C14H27N3O2. The molecule has 5 nitrogen and oxygen atoms in total. The molecule has 0 aliphatic carbocycles. The number of amides is 2. The summed E-state index contributed by atoms with van der Waals surface area (Å²) in [5.74, 6) is 0.254. The van der Waals surface area contributed by atoms with E-state index in [1.54, 1.807) is 0 Å². The van der Waals surface area contributed by atoms with Crippen molar-refractivity contribution in [2.75, 3.05) is 39.3 Å². The van der Waals surface area contributed by atoms with Crippen LogP contribution in [-0.4, -0.2) is 60.9 Å². The van der Waals surface area contributed by atoms with E-state index < -0.39 is 0 Å². The highest BCUT2D eigenvalue weighted by molar-refractivity contribution is 5.79. The van der Waals surface area contributed by atoms with Gasteiger partial charge < -0.3 is 15.1 Å². The van der Waals surface area contributed by atoms with Crippen molar-refractivity contribution in [3.8, 4) is 0 Å². The van der Waals surface area contributed by atoms with Crippen molar-refractivity contribution in [3.63, 3.8) is 0 Å². The van der Waals surface area contributed by atoms with Crippen LogP contribution in [0.25, 0.3) is 0 Å². The highest BCUT2D eigenvalue weighted by Crippen LogP contribution is 2.06. The minimum Gasteiger partial charge on any atom is -0.356 e. The molecule has 0 atom stereocenters. The SMILES string of the molecule is CCCNC(=O)CCCC(=O)N1CCN(CC)CC1. The molecule has 0 saturated carbocycles. The van der Waals surface area contributed by atoms with Crippen LogP contribution in [-0.2, 0) is 9.59 Å². The van der Waals surface area contributed by atoms with Crippen molar-refractivity contribution in [3.05, 3.63) is 0 Å². The molecule has 2 amide bonds. The normalized spacial score (nSPS) is 16.4. The molecule has 1 rings (SSSR count). The van der Waals surface area contributed by atoms with Crippen LogP contribution in [0.4, 0.5) is 0 Å². The van der Waals surface area contributed by atoms with E-state index in [0.717, 1.165) is 45.7 Å². The summed E-state index contributed by atoms with van der Waals surface area (Å²) < 4.78 is 0. The van der Waals surface area contributed by atoms with Crippen LogP contribution in [0.3, 0.4) is 0 Å². The third-order valence-electron chi connectivity index (χ3n) is 3.54. The van der Waals surface area contributed by atoms with Gasteiger partial charge in [-0.25, -0.2) is 0 Å². The molecule has 0 aromatic heterocycles. The summed E-state index contributed by atoms with van der Waals surface area (Å²) in [6.45, 7) is 9.55. The van der Waals surface area contributed by atoms with Crippen molar-refractivity contribution < 1.29 is 9.59 Å². The lowest BCUT2D eigenvalue weighted by atomic mass is 10.2. The first kappa shape index (κ1) is 16.0. The van der Waals surface area contributed by atoms with E-state index in [4.69, 9.17) is 0 Å². The lowest BCUT2D eigenvalue weighted by Gasteiger charge is -2.34. The Morgan fingerprint density at radius 3 is 2.32 bits per heavy atom. The van der Waals surface area contributed by atoms with E-state index in [0.29, 0.717) is 19.3 Å². The Balaban J connectivity index is 2.13. The van der Waals surface area contributed by atoms with E-state index in [2.05, 4.69) is 17.1 Å². The van der Waals surface area contributed by atoms with E-state index in [-0.39, 0.29) is 11.8 Å². The summed E-state index contributed by atoms with van der Waals surface area (Å²) >= 11 is 0. The molecule has 1 aliphatic rings. The Bertz CT molecular complexity index is 286. The molecule has 0 unspecified atom stereocenters. The number of rotatable bonds is 7. The predicted octanol–water partition coefficient (Wildman–Crippen LogP) is 0.847. The zero-order valence-electron chi connectivity index (χ0n) is 12.3. The summed E-state index contributed by atoms with van der Waals surface area (Å²) in [7, 11) is 0. The molecule has 5 heteroatoms. The first-order chi connectivity index (χ1) is 9.17. The zero-order valence-corrected chi connectivity index (χ0v) is 12.3. The van der Waals surface area contributed by atoms with Crippen LogP contribution in [0.15, 0.2) is 0 Å². The van der Waals surface area contributed by atoms with E-state index >= 15 is 0 Å². The lowest BCUT2D eigenvalue weighted by molar-refractivity contribution is -0.133. The molecule has 0 radical (unpaired) electrons. The van der Waals surface area contributed by atoms with Gasteiger partial charge in [0.2, 0.25) is 11.8 Å². The quantitative estimate of drug-likeness (QED) is 0.745. The maximum Gasteiger partial charge on any atom is 0.222 e. The average Bonchev–Trinajstić information content (AvgIpc) is 2.45. The Hall–Kier alpha value is -1.10. The second-order valence-corrected chi connectivity index (χ2v) is 5.02. The molecule has 1 fully saturated rings. The smallest absolute Gasteiger partial charge is 0.222 e. The van der Waals surface area contributed by atoms with Crippen molar-refractivity contribution in [2.24, 2.45) is 0 Å². The van der Waals surface area contributed by atoms with E-state index in [9.17, 15) is 9.59 Å². The predicted molar refractivity (Wildman–Crippen MR) is 75.8 cm³/mol. The van der Waals surface area contributed by atoms with Crippen molar-refractivity contribution in [2.45, 2.75) is 39.5 Å². The molecule has 0 aromatic rings. The Kier molecular flexibility index (Phi) is 7.48. The fraction of sp³-hybridized carbons (Fsp3) is 0.857. The summed E-state index contributed by atoms with van der Waals surface area (Å²) in [5, 5.41) is 2.83. The third-order valence-corrected chi connectivity index (χ3v) is 3.54. The average molecular weight is 269 g/mol. The van der Waals surface area contributed by atoms with Crippen LogP contribution < -0.4 is 5.32 Å². The van der Waals surface area contributed by atoms with Crippen LogP contribution in [0, 0.1) is 0 Å². The first-order valence-corrected chi connectivity index (χ1v) is 7.44. The molecule has 110 valence electrons. The molecule has 0 bridgehead atoms. The summed E-state index contributed by atoms with van der Waals surface area (Å²) in [6, 6.07) is 0. The number of nitrogens with one attached hydrogen (secondary N) is 1. The van der Waals surface area contributed by atoms with Gasteiger partial charge in [-0.15, -0.1) is 0 Å². The molecular weight excluding hydrogens is 242 g/mol. The van der Waals surface area contributed by atoms with Gasteiger partial charge in [-0.3, -0.25) is 9.59 Å². The van der Waals surface area contributed by atoms with Crippen LogP contribution in [0.1, 0.15) is 39.5 Å². The molecule has 1 aliphatic heterocycles. The van der Waals surface area contributed by atoms with Gasteiger partial charge in [0, 0.05) is 45.6 Å². The fourth-order valence-corrected chi connectivity index (χ4v) is 2.22. The van der Waals surface area contributed by atoms with Crippen LogP contribution in [0.5, 0.6) is 0 Å². The van der Waals surface area contributed by atoms with Crippen molar-refractivity contribution >= 4 is 11.8 Å². The van der Waals surface area contributed by atoms with Crippen LogP contribution >= 0.6 is 0 Å². The topological polar surface area (TPSA) is 52.7 Å². The monoisotopic (exact) mass is 269 g/mol. The minimum absolute atomic E-state index is 0.0606. The van der Waals surface area contributed by atoms with Crippen LogP contribution in [0.2, 0.25) is 0 Å². The molecule has 1 saturated heterocycles. The third kappa shape index (κ3) is 6.05. The molecule has 1 heterocycles.